The topological polar surface area (TPSA) is 50.5 Å². The second kappa shape index (κ2) is 6.95. The first-order chi connectivity index (χ1) is 7.27. The molecule has 0 aromatic rings. The maximum Gasteiger partial charge on any atom is 0.0868 e. The number of hydrogen-bond acceptors (Lipinski definition) is 4. The highest BCUT2D eigenvalue weighted by Gasteiger charge is 2.25. The summed E-state index contributed by atoms with van der Waals surface area (Å²) in [6.07, 6.45) is 5.36. The molecule has 4 nitrogen and oxygen atoms in total. The van der Waals surface area contributed by atoms with Crippen LogP contribution >= 0.6 is 0 Å². The quantitative estimate of drug-likeness (QED) is 0.292. The molecule has 0 radical (unpaired) electrons. The third kappa shape index (κ3) is 4.30. The summed E-state index contributed by atoms with van der Waals surface area (Å²) in [6.45, 7) is 6.50. The van der Waals surface area contributed by atoms with Crippen LogP contribution in [-0.2, 0) is 4.74 Å². The average Bonchev–Trinajstić information content (AvgIpc) is 2.24. The van der Waals surface area contributed by atoms with Crippen LogP contribution in [0, 0.1) is 0 Å². The summed E-state index contributed by atoms with van der Waals surface area (Å²) in [5.74, 6) is 5.56. The second-order valence-corrected chi connectivity index (χ2v) is 4.16. The molecule has 1 fully saturated rings. The van der Waals surface area contributed by atoms with E-state index in [-0.39, 0.29) is 12.1 Å². The third-order valence-corrected chi connectivity index (χ3v) is 2.88. The van der Waals surface area contributed by atoms with Crippen LogP contribution in [0.3, 0.4) is 0 Å². The number of ether oxygens (including phenoxy) is 1. The summed E-state index contributed by atoms with van der Waals surface area (Å²) in [6, 6.07) is 0.257. The Morgan fingerprint density at radius 3 is 3.13 bits per heavy atom. The molecule has 0 saturated carbocycles. The van der Waals surface area contributed by atoms with Gasteiger partial charge in [0.15, 0.2) is 0 Å². The monoisotopic (exact) mass is 213 g/mol. The van der Waals surface area contributed by atoms with E-state index >= 15 is 0 Å². The van der Waals surface area contributed by atoms with E-state index < -0.39 is 0 Å². The molecule has 0 aromatic heterocycles. The highest BCUT2D eigenvalue weighted by Crippen LogP contribution is 2.12. The van der Waals surface area contributed by atoms with Gasteiger partial charge in [-0.1, -0.05) is 6.08 Å². The van der Waals surface area contributed by atoms with Crippen LogP contribution in [0.15, 0.2) is 12.7 Å². The Labute approximate surface area is 92.4 Å². The fourth-order valence-electron chi connectivity index (χ4n) is 1.91. The van der Waals surface area contributed by atoms with Crippen LogP contribution in [0.1, 0.15) is 19.3 Å². The van der Waals surface area contributed by atoms with Crippen LogP contribution < -0.4 is 11.3 Å². The van der Waals surface area contributed by atoms with Gasteiger partial charge < -0.3 is 9.64 Å². The maximum atomic E-state index is 5.72. The minimum atomic E-state index is 0.221. The van der Waals surface area contributed by atoms with Crippen molar-refractivity contribution in [2.24, 2.45) is 5.84 Å². The van der Waals surface area contributed by atoms with Crippen molar-refractivity contribution in [1.82, 2.24) is 10.3 Å². The Morgan fingerprint density at radius 1 is 1.73 bits per heavy atom. The Kier molecular flexibility index (Phi) is 5.86. The molecule has 0 amide bonds. The fraction of sp³-hybridized carbons (Fsp3) is 0.818. The molecule has 1 rings (SSSR count). The molecule has 3 N–H and O–H groups in total. The highest BCUT2D eigenvalue weighted by molar-refractivity contribution is 4.81. The predicted octanol–water partition coefficient (Wildman–Crippen LogP) is 0.505. The minimum absolute atomic E-state index is 0.221. The second-order valence-electron chi connectivity index (χ2n) is 4.16. The molecule has 1 heterocycles. The molecule has 1 aliphatic rings. The van der Waals surface area contributed by atoms with Crippen molar-refractivity contribution in [3.05, 3.63) is 12.7 Å². The molecule has 1 saturated heterocycles. The molecule has 2 atom stereocenters. The molecule has 0 aromatic carbocycles. The van der Waals surface area contributed by atoms with Gasteiger partial charge in [0.05, 0.1) is 12.7 Å². The molecule has 0 aliphatic carbocycles. The number of hydrazine groups is 1. The summed E-state index contributed by atoms with van der Waals surface area (Å²) >= 11 is 0. The van der Waals surface area contributed by atoms with Crippen LogP contribution in [0.5, 0.6) is 0 Å². The Bertz CT molecular complexity index is 187. The number of hydrogen-bond donors (Lipinski definition) is 2. The van der Waals surface area contributed by atoms with Gasteiger partial charge in [0.25, 0.3) is 0 Å². The van der Waals surface area contributed by atoms with Gasteiger partial charge in [-0.3, -0.25) is 11.3 Å². The van der Waals surface area contributed by atoms with E-state index in [1.165, 1.54) is 0 Å². The van der Waals surface area contributed by atoms with Crippen molar-refractivity contribution in [2.75, 3.05) is 26.7 Å². The summed E-state index contributed by atoms with van der Waals surface area (Å²) in [5, 5.41) is 0. The number of nitrogens with one attached hydrogen (secondary N) is 1. The number of nitrogens with two attached hydrogens (primary N) is 1. The van der Waals surface area contributed by atoms with Gasteiger partial charge in [-0.15, -0.1) is 6.58 Å². The lowest BCUT2D eigenvalue weighted by Gasteiger charge is -2.34. The first kappa shape index (κ1) is 12.6. The highest BCUT2D eigenvalue weighted by atomic mass is 16.5. The predicted molar refractivity (Wildman–Crippen MR) is 62.4 cm³/mol. The van der Waals surface area contributed by atoms with Crippen molar-refractivity contribution < 1.29 is 4.74 Å². The standard InChI is InChI=1S/C11H23N3O/c1-3-4-5-6-10(13-12)11-9-14(2)7-8-15-11/h3,10-11,13H,1,4-9,12H2,2H3. The molecule has 1 aliphatic heterocycles. The van der Waals surface area contributed by atoms with Crippen LogP contribution in [0.2, 0.25) is 0 Å². The van der Waals surface area contributed by atoms with Crippen molar-refractivity contribution in [3.8, 4) is 0 Å². The summed E-state index contributed by atoms with van der Waals surface area (Å²) in [7, 11) is 2.12. The number of unbranched alkanes of at least 4 members (excludes halogenated alkanes) is 1. The van der Waals surface area contributed by atoms with E-state index in [2.05, 4.69) is 24.0 Å². The van der Waals surface area contributed by atoms with Gasteiger partial charge in [-0.05, 0) is 26.3 Å². The Morgan fingerprint density at radius 2 is 2.53 bits per heavy atom. The zero-order valence-electron chi connectivity index (χ0n) is 9.61. The van der Waals surface area contributed by atoms with Crippen LogP contribution in [-0.4, -0.2) is 43.8 Å². The van der Waals surface area contributed by atoms with Gasteiger partial charge >= 0.3 is 0 Å². The summed E-state index contributed by atoms with van der Waals surface area (Å²) < 4.78 is 5.72. The fourth-order valence-corrected chi connectivity index (χ4v) is 1.91. The lowest BCUT2D eigenvalue weighted by molar-refractivity contribution is -0.0401. The summed E-state index contributed by atoms with van der Waals surface area (Å²) in [4.78, 5) is 2.28. The lowest BCUT2D eigenvalue weighted by atomic mass is 10.0. The maximum absolute atomic E-state index is 5.72. The van der Waals surface area contributed by atoms with E-state index in [0.29, 0.717) is 0 Å². The minimum Gasteiger partial charge on any atom is -0.374 e. The van der Waals surface area contributed by atoms with Gasteiger partial charge in [-0.2, -0.15) is 0 Å². The van der Waals surface area contributed by atoms with E-state index in [9.17, 15) is 0 Å². The molecular formula is C11H23N3O. The molecule has 0 bridgehead atoms. The van der Waals surface area contributed by atoms with Gasteiger partial charge in [0, 0.05) is 19.1 Å². The van der Waals surface area contributed by atoms with Crippen LogP contribution in [0.4, 0.5) is 0 Å². The Balaban J connectivity index is 2.32. The SMILES string of the molecule is C=CCCCC(NN)C1CN(C)CCO1. The van der Waals surface area contributed by atoms with Gasteiger partial charge in [-0.25, -0.2) is 0 Å². The molecule has 15 heavy (non-hydrogen) atoms. The summed E-state index contributed by atoms with van der Waals surface area (Å²) in [5.41, 5.74) is 2.87. The number of allylic oxidation sites excluding steroid dienone is 1. The van der Waals surface area contributed by atoms with Gasteiger partial charge in [0.2, 0.25) is 0 Å². The van der Waals surface area contributed by atoms with E-state index in [4.69, 9.17) is 10.6 Å². The van der Waals surface area contributed by atoms with Crippen molar-refractivity contribution in [2.45, 2.75) is 31.4 Å². The van der Waals surface area contributed by atoms with E-state index in [1.54, 1.807) is 0 Å². The molecular weight excluding hydrogens is 190 g/mol. The van der Waals surface area contributed by atoms with Crippen molar-refractivity contribution in [3.63, 3.8) is 0 Å². The number of morpholine rings is 1. The largest absolute Gasteiger partial charge is 0.374 e. The zero-order valence-corrected chi connectivity index (χ0v) is 9.61. The lowest BCUT2D eigenvalue weighted by Crippen LogP contribution is -2.53. The van der Waals surface area contributed by atoms with Crippen LogP contribution in [0.25, 0.3) is 0 Å². The smallest absolute Gasteiger partial charge is 0.0868 e. The first-order valence-electron chi connectivity index (χ1n) is 5.65. The van der Waals surface area contributed by atoms with Gasteiger partial charge in [0.1, 0.15) is 0 Å². The number of likely N-dealkylation sites (N-methyl/N-ethyl adjacent to an activating group) is 1. The molecule has 88 valence electrons. The zero-order chi connectivity index (χ0) is 11.1. The first-order valence-corrected chi connectivity index (χ1v) is 5.65. The number of nitrogens with zero attached hydrogens (tertiary/aromatic N) is 1. The normalized spacial score (nSPS) is 25.1. The average molecular weight is 213 g/mol. The molecule has 4 heteroatoms. The van der Waals surface area contributed by atoms with E-state index in [0.717, 1.165) is 39.0 Å². The molecule has 2 unspecified atom stereocenters. The van der Waals surface area contributed by atoms with Crippen molar-refractivity contribution in [1.29, 1.82) is 0 Å². The third-order valence-electron chi connectivity index (χ3n) is 2.88. The van der Waals surface area contributed by atoms with E-state index in [1.807, 2.05) is 6.08 Å². The van der Waals surface area contributed by atoms with Crippen molar-refractivity contribution >= 4 is 0 Å². The Hall–Kier alpha value is -0.420. The number of rotatable bonds is 6. The molecule has 0 spiro atoms.